The van der Waals surface area contributed by atoms with Crippen LogP contribution in [0.25, 0.3) is 0 Å². The lowest BCUT2D eigenvalue weighted by Crippen LogP contribution is -2.45. The predicted molar refractivity (Wildman–Crippen MR) is 294 cm³/mol. The van der Waals surface area contributed by atoms with Gasteiger partial charge >= 0.3 is 0 Å². The summed E-state index contributed by atoms with van der Waals surface area (Å²) < 4.78 is 0. The van der Waals surface area contributed by atoms with E-state index in [1.165, 1.54) is 180 Å². The highest BCUT2D eigenvalue weighted by Gasteiger charge is 2.18. The first-order chi connectivity index (χ1) is 32.7. The number of carbonyl (C=O) groups is 1. The zero-order valence-corrected chi connectivity index (χ0v) is 43.7. The van der Waals surface area contributed by atoms with E-state index in [1.54, 1.807) is 6.08 Å². The van der Waals surface area contributed by atoms with Gasteiger partial charge in [-0.3, -0.25) is 4.79 Å². The Morgan fingerprint density at radius 3 is 1.06 bits per heavy atom. The Labute approximate surface area is 411 Å². The fraction of sp³-hybridized carbons (Fsp3) is 0.726. The van der Waals surface area contributed by atoms with E-state index in [0.717, 1.165) is 70.6 Å². The second-order valence-corrected chi connectivity index (χ2v) is 19.0. The van der Waals surface area contributed by atoms with Gasteiger partial charge in [0.2, 0.25) is 5.91 Å². The average molecular weight is 917 g/mol. The van der Waals surface area contributed by atoms with Gasteiger partial charge in [-0.15, -0.1) is 0 Å². The molecular weight excluding hydrogens is 807 g/mol. The van der Waals surface area contributed by atoms with Crippen molar-refractivity contribution >= 4 is 5.91 Å². The van der Waals surface area contributed by atoms with Crippen molar-refractivity contribution in [2.45, 2.75) is 283 Å². The number of aliphatic hydroxyl groups excluding tert-OH is 2. The third kappa shape index (κ3) is 52.3. The molecule has 1 amide bonds. The van der Waals surface area contributed by atoms with E-state index in [1.807, 2.05) is 6.08 Å². The van der Waals surface area contributed by atoms with Gasteiger partial charge in [0, 0.05) is 6.42 Å². The first kappa shape index (κ1) is 63.3. The fourth-order valence-corrected chi connectivity index (χ4v) is 8.24. The highest BCUT2D eigenvalue weighted by atomic mass is 16.3. The van der Waals surface area contributed by atoms with Crippen molar-refractivity contribution in [3.05, 3.63) is 97.2 Å². The second-order valence-electron chi connectivity index (χ2n) is 19.0. The maximum absolute atomic E-state index is 12.5. The lowest BCUT2D eigenvalue weighted by Gasteiger charge is -2.19. The van der Waals surface area contributed by atoms with Crippen LogP contribution in [-0.2, 0) is 4.79 Å². The zero-order valence-electron chi connectivity index (χ0n) is 43.7. The third-order valence-electron chi connectivity index (χ3n) is 12.5. The largest absolute Gasteiger partial charge is 0.394 e. The molecule has 3 N–H and O–H groups in total. The average Bonchev–Trinajstić information content (AvgIpc) is 3.32. The minimum atomic E-state index is -0.876. The number of unbranched alkanes of at least 4 members (excludes halogenated alkanes) is 30. The lowest BCUT2D eigenvalue weighted by atomic mass is 10.0. The zero-order chi connectivity index (χ0) is 47.7. The molecule has 2 atom stereocenters. The van der Waals surface area contributed by atoms with Crippen molar-refractivity contribution in [1.82, 2.24) is 5.32 Å². The van der Waals surface area contributed by atoms with E-state index < -0.39 is 12.1 Å². The van der Waals surface area contributed by atoms with Crippen molar-refractivity contribution < 1.29 is 15.0 Å². The van der Waals surface area contributed by atoms with Gasteiger partial charge in [0.05, 0.1) is 18.8 Å². The summed E-state index contributed by atoms with van der Waals surface area (Å²) in [5, 5.41) is 23.1. The van der Waals surface area contributed by atoms with Crippen LogP contribution < -0.4 is 5.32 Å². The summed E-state index contributed by atoms with van der Waals surface area (Å²) in [7, 11) is 0. The van der Waals surface area contributed by atoms with Gasteiger partial charge in [-0.25, -0.2) is 0 Å². The van der Waals surface area contributed by atoms with Gasteiger partial charge < -0.3 is 15.5 Å². The number of carbonyl (C=O) groups excluding carboxylic acids is 1. The molecule has 0 bridgehead atoms. The number of allylic oxidation sites excluding steroid dienone is 15. The Bertz CT molecular complexity index is 1220. The monoisotopic (exact) mass is 916 g/mol. The van der Waals surface area contributed by atoms with Crippen molar-refractivity contribution in [1.29, 1.82) is 0 Å². The topological polar surface area (TPSA) is 69.6 Å². The molecule has 0 spiro atoms. The molecule has 0 aromatic rings. The quantitative estimate of drug-likeness (QED) is 0.0421. The molecule has 0 aromatic carbocycles. The van der Waals surface area contributed by atoms with Crippen molar-refractivity contribution in [3.8, 4) is 0 Å². The molecule has 0 aromatic heterocycles. The summed E-state index contributed by atoms with van der Waals surface area (Å²) in [5.74, 6) is -0.0795. The van der Waals surface area contributed by atoms with Crippen LogP contribution in [0.5, 0.6) is 0 Å². The van der Waals surface area contributed by atoms with Crippen LogP contribution in [0.1, 0.15) is 271 Å². The number of nitrogens with one attached hydrogen (secondary N) is 1. The van der Waals surface area contributed by atoms with Gasteiger partial charge in [-0.2, -0.15) is 0 Å². The number of aliphatic hydroxyl groups is 2. The third-order valence-corrected chi connectivity index (χ3v) is 12.5. The Kier molecular flexibility index (Phi) is 54.3. The van der Waals surface area contributed by atoms with E-state index in [9.17, 15) is 15.0 Å². The second kappa shape index (κ2) is 56.6. The van der Waals surface area contributed by atoms with Gasteiger partial charge in [0.15, 0.2) is 0 Å². The molecule has 0 heterocycles. The van der Waals surface area contributed by atoms with Crippen molar-refractivity contribution in [3.63, 3.8) is 0 Å². The Hall–Kier alpha value is -2.69. The van der Waals surface area contributed by atoms with Crippen LogP contribution in [0.2, 0.25) is 0 Å². The first-order valence-electron chi connectivity index (χ1n) is 28.5. The molecule has 0 aliphatic carbocycles. The van der Waals surface area contributed by atoms with Gasteiger partial charge in [0.1, 0.15) is 0 Å². The van der Waals surface area contributed by atoms with Crippen molar-refractivity contribution in [2.24, 2.45) is 0 Å². The van der Waals surface area contributed by atoms with E-state index in [4.69, 9.17) is 0 Å². The molecule has 0 saturated heterocycles. The molecule has 0 aliphatic heterocycles. The van der Waals surface area contributed by atoms with Crippen LogP contribution in [0, 0.1) is 0 Å². The molecule has 2 unspecified atom stereocenters. The molecule has 380 valence electrons. The Morgan fingerprint density at radius 2 is 0.682 bits per heavy atom. The van der Waals surface area contributed by atoms with E-state index in [-0.39, 0.29) is 12.5 Å². The summed E-state index contributed by atoms with van der Waals surface area (Å²) in [6.45, 7) is 4.19. The standard InChI is InChI=1S/C62H109NO3/c1-3-5-7-9-11-13-15-17-19-21-23-25-27-28-29-30-31-32-33-34-36-38-40-42-44-46-48-50-52-54-56-58-62(66)63-60(59-64)61(65)57-55-53-51-49-47-45-43-41-39-37-35-26-24-22-20-18-16-14-12-10-8-6-4-2/h5,7,11,13,17,19,23,25,28-29,39,41,47,49,55,57,60-61,64-65H,3-4,6,8-10,12,14-16,18,20-22,24,26-27,30-38,40,42-46,48,50-54,56,58-59H2,1-2H3,(H,63,66)/b7-5-,13-11-,19-17-,25-23-,29-28-,41-39+,49-47+,57-55+. The molecule has 0 aliphatic rings. The van der Waals surface area contributed by atoms with Crippen LogP contribution in [0.4, 0.5) is 0 Å². The number of hydrogen-bond donors (Lipinski definition) is 3. The molecule has 0 radical (unpaired) electrons. The van der Waals surface area contributed by atoms with E-state index >= 15 is 0 Å². The first-order valence-corrected chi connectivity index (χ1v) is 28.5. The van der Waals surface area contributed by atoms with Crippen LogP contribution >= 0.6 is 0 Å². The predicted octanol–water partition coefficient (Wildman–Crippen LogP) is 18.9. The van der Waals surface area contributed by atoms with Gasteiger partial charge in [-0.05, 0) is 89.9 Å². The summed E-state index contributed by atoms with van der Waals surface area (Å²) >= 11 is 0. The van der Waals surface area contributed by atoms with E-state index in [0.29, 0.717) is 6.42 Å². The van der Waals surface area contributed by atoms with Crippen LogP contribution in [0.3, 0.4) is 0 Å². The minimum Gasteiger partial charge on any atom is -0.394 e. The van der Waals surface area contributed by atoms with Crippen LogP contribution in [-0.4, -0.2) is 34.9 Å². The molecule has 0 saturated carbocycles. The highest BCUT2D eigenvalue weighted by molar-refractivity contribution is 5.76. The smallest absolute Gasteiger partial charge is 0.220 e. The van der Waals surface area contributed by atoms with Crippen molar-refractivity contribution in [2.75, 3.05) is 6.61 Å². The van der Waals surface area contributed by atoms with Crippen LogP contribution in [0.15, 0.2) is 97.2 Å². The fourth-order valence-electron chi connectivity index (χ4n) is 8.24. The summed E-state index contributed by atoms with van der Waals surface area (Å²) in [6.07, 6.45) is 84.2. The van der Waals surface area contributed by atoms with E-state index in [2.05, 4.69) is 104 Å². The SMILES string of the molecule is CC/C=C\C/C=C\C/C=C\C/C=C\C/C=C\CCCCCCCCCCCCCCCCCC(=O)NC(CO)C(O)/C=C/CC/C=C/CC/C=C/CCCCCCCCCCCCCCC. The summed E-state index contributed by atoms with van der Waals surface area (Å²) in [5.41, 5.74) is 0. The molecule has 4 nitrogen and oxygen atoms in total. The maximum Gasteiger partial charge on any atom is 0.220 e. The van der Waals surface area contributed by atoms with Gasteiger partial charge in [-0.1, -0.05) is 272 Å². The normalized spacial score (nSPS) is 13.6. The molecule has 0 fully saturated rings. The number of hydrogen-bond acceptors (Lipinski definition) is 3. The summed E-state index contributed by atoms with van der Waals surface area (Å²) in [6, 6.07) is -0.651. The highest BCUT2D eigenvalue weighted by Crippen LogP contribution is 2.16. The Balaban J connectivity index is 3.57. The van der Waals surface area contributed by atoms with Gasteiger partial charge in [0.25, 0.3) is 0 Å². The number of amides is 1. The summed E-state index contributed by atoms with van der Waals surface area (Å²) in [4.78, 5) is 12.5. The number of rotatable bonds is 51. The molecular formula is C62H109NO3. The lowest BCUT2D eigenvalue weighted by molar-refractivity contribution is -0.123. The Morgan fingerprint density at radius 1 is 0.379 bits per heavy atom. The minimum absolute atomic E-state index is 0.0795. The molecule has 66 heavy (non-hydrogen) atoms. The molecule has 4 heteroatoms. The molecule has 0 rings (SSSR count). The maximum atomic E-state index is 12.5.